The Morgan fingerprint density at radius 3 is 2.56 bits per heavy atom. The molecule has 1 amide bonds. The molecule has 1 aliphatic heterocycles. The Bertz CT molecular complexity index is 989. The number of hydrogen-bond donors (Lipinski definition) is 1. The standard InChI is InChI=1S/C19H19N5O3/c25-17(22-12-14-6-1-2-7-15(14)13-22)9-5-10-20-18-19(24(26)27)23-11-4-3-8-16(23)21-18/h1-4,6-8,11,20H,5,9-10,12-13H2. The molecule has 4 rings (SSSR count). The lowest BCUT2D eigenvalue weighted by Crippen LogP contribution is -2.25. The fourth-order valence-corrected chi connectivity index (χ4v) is 3.39. The lowest BCUT2D eigenvalue weighted by molar-refractivity contribution is -0.389. The lowest BCUT2D eigenvalue weighted by atomic mass is 10.1. The summed E-state index contributed by atoms with van der Waals surface area (Å²) in [5, 5.41) is 14.4. The molecule has 0 bridgehead atoms. The number of anilines is 1. The van der Waals surface area contributed by atoms with Crippen LogP contribution in [0.2, 0.25) is 0 Å². The summed E-state index contributed by atoms with van der Waals surface area (Å²) in [6.45, 7) is 1.75. The summed E-state index contributed by atoms with van der Waals surface area (Å²) in [6, 6.07) is 13.3. The van der Waals surface area contributed by atoms with Gasteiger partial charge in [0.05, 0.1) is 6.20 Å². The van der Waals surface area contributed by atoms with Crippen molar-refractivity contribution < 1.29 is 9.72 Å². The molecule has 3 aromatic rings. The molecular formula is C19H19N5O3. The van der Waals surface area contributed by atoms with E-state index in [0.29, 0.717) is 38.1 Å². The van der Waals surface area contributed by atoms with Gasteiger partial charge < -0.3 is 20.3 Å². The van der Waals surface area contributed by atoms with Gasteiger partial charge in [-0.2, -0.15) is 9.38 Å². The van der Waals surface area contributed by atoms with Gasteiger partial charge in [0.1, 0.15) is 0 Å². The number of imidazole rings is 1. The fraction of sp³-hybridized carbons (Fsp3) is 0.263. The minimum Gasteiger partial charge on any atom is -0.363 e. The maximum Gasteiger partial charge on any atom is 0.372 e. The number of nitro groups is 1. The van der Waals surface area contributed by atoms with Crippen molar-refractivity contribution in [1.82, 2.24) is 14.3 Å². The summed E-state index contributed by atoms with van der Waals surface area (Å²) in [5.74, 6) is 0.233. The molecule has 2 aromatic heterocycles. The second kappa shape index (κ2) is 7.06. The maximum atomic E-state index is 12.4. The van der Waals surface area contributed by atoms with E-state index in [1.165, 1.54) is 15.5 Å². The number of carbonyl (C=O) groups is 1. The van der Waals surface area contributed by atoms with Crippen LogP contribution in [-0.4, -0.2) is 31.7 Å². The molecular weight excluding hydrogens is 346 g/mol. The van der Waals surface area contributed by atoms with Crippen molar-refractivity contribution in [3.8, 4) is 0 Å². The first kappa shape index (κ1) is 17.0. The highest BCUT2D eigenvalue weighted by atomic mass is 16.6. The highest BCUT2D eigenvalue weighted by Gasteiger charge is 2.23. The summed E-state index contributed by atoms with van der Waals surface area (Å²) in [5.41, 5.74) is 2.91. The number of amides is 1. The minimum absolute atomic E-state index is 0.0908. The van der Waals surface area contributed by atoms with E-state index in [-0.39, 0.29) is 17.5 Å². The van der Waals surface area contributed by atoms with Crippen molar-refractivity contribution in [2.75, 3.05) is 11.9 Å². The molecule has 0 unspecified atom stereocenters. The molecule has 0 fully saturated rings. The van der Waals surface area contributed by atoms with Crippen LogP contribution < -0.4 is 5.32 Å². The lowest BCUT2D eigenvalue weighted by Gasteiger charge is -2.15. The predicted molar refractivity (Wildman–Crippen MR) is 100 cm³/mol. The van der Waals surface area contributed by atoms with Gasteiger partial charge in [0.2, 0.25) is 17.4 Å². The van der Waals surface area contributed by atoms with Gasteiger partial charge in [0.25, 0.3) is 0 Å². The molecule has 0 saturated heterocycles. The molecule has 1 aromatic carbocycles. The second-order valence-electron chi connectivity index (χ2n) is 6.52. The van der Waals surface area contributed by atoms with Crippen LogP contribution in [0.3, 0.4) is 0 Å². The van der Waals surface area contributed by atoms with Crippen LogP contribution in [0.25, 0.3) is 5.65 Å². The summed E-state index contributed by atoms with van der Waals surface area (Å²) in [4.78, 5) is 29.4. The van der Waals surface area contributed by atoms with E-state index in [2.05, 4.69) is 10.3 Å². The van der Waals surface area contributed by atoms with Crippen molar-refractivity contribution >= 4 is 23.2 Å². The number of fused-ring (bicyclic) bond motifs is 2. The SMILES string of the molecule is O=C(CCCNc1nc2ccccn2c1[N+](=O)[O-])N1Cc2ccccc2C1. The predicted octanol–water partition coefficient (Wildman–Crippen LogP) is 2.98. The topological polar surface area (TPSA) is 92.8 Å². The van der Waals surface area contributed by atoms with Gasteiger partial charge in [-0.3, -0.25) is 4.79 Å². The number of aromatic nitrogens is 2. The Morgan fingerprint density at radius 2 is 1.85 bits per heavy atom. The quantitative estimate of drug-likeness (QED) is 0.412. The van der Waals surface area contributed by atoms with Crippen LogP contribution in [0, 0.1) is 10.1 Å². The summed E-state index contributed by atoms with van der Waals surface area (Å²) < 4.78 is 1.44. The molecule has 3 heterocycles. The molecule has 0 saturated carbocycles. The maximum absolute atomic E-state index is 12.4. The molecule has 0 spiro atoms. The van der Waals surface area contributed by atoms with E-state index < -0.39 is 4.92 Å². The molecule has 1 aliphatic rings. The minimum atomic E-state index is -0.449. The van der Waals surface area contributed by atoms with Gasteiger partial charge >= 0.3 is 5.82 Å². The third-order valence-electron chi connectivity index (χ3n) is 4.73. The van der Waals surface area contributed by atoms with E-state index in [1.54, 1.807) is 24.4 Å². The zero-order valence-electron chi connectivity index (χ0n) is 14.7. The zero-order valence-corrected chi connectivity index (χ0v) is 14.7. The van der Waals surface area contributed by atoms with Gasteiger partial charge in [-0.1, -0.05) is 30.3 Å². The van der Waals surface area contributed by atoms with Crippen molar-refractivity contribution in [2.24, 2.45) is 0 Å². The van der Waals surface area contributed by atoms with Gasteiger partial charge in [0.15, 0.2) is 0 Å². The molecule has 138 valence electrons. The van der Waals surface area contributed by atoms with E-state index >= 15 is 0 Å². The van der Waals surface area contributed by atoms with Crippen molar-refractivity contribution in [1.29, 1.82) is 0 Å². The van der Waals surface area contributed by atoms with Gasteiger partial charge in [-0.15, -0.1) is 0 Å². The number of pyridine rings is 1. The molecule has 8 heteroatoms. The second-order valence-corrected chi connectivity index (χ2v) is 6.52. The Kier molecular flexibility index (Phi) is 4.45. The Balaban J connectivity index is 1.33. The van der Waals surface area contributed by atoms with Gasteiger partial charge in [0, 0.05) is 32.1 Å². The monoisotopic (exact) mass is 365 g/mol. The largest absolute Gasteiger partial charge is 0.372 e. The van der Waals surface area contributed by atoms with E-state index in [0.717, 1.165) is 0 Å². The zero-order chi connectivity index (χ0) is 18.8. The number of rotatable bonds is 6. The molecule has 1 N–H and O–H groups in total. The first-order valence-electron chi connectivity index (χ1n) is 8.83. The van der Waals surface area contributed by atoms with E-state index in [9.17, 15) is 14.9 Å². The van der Waals surface area contributed by atoms with Crippen LogP contribution in [0.1, 0.15) is 24.0 Å². The van der Waals surface area contributed by atoms with E-state index in [1.807, 2.05) is 29.2 Å². The van der Waals surface area contributed by atoms with Crippen LogP contribution in [0.4, 0.5) is 11.6 Å². The summed E-state index contributed by atoms with van der Waals surface area (Å²) in [6.07, 6.45) is 2.58. The van der Waals surface area contributed by atoms with Crippen LogP contribution >= 0.6 is 0 Å². The number of carbonyl (C=O) groups excluding carboxylic acids is 1. The highest BCUT2D eigenvalue weighted by molar-refractivity contribution is 5.77. The normalized spacial score (nSPS) is 13.0. The van der Waals surface area contributed by atoms with Gasteiger partial charge in [-0.25, -0.2) is 0 Å². The Labute approximate surface area is 155 Å². The van der Waals surface area contributed by atoms with Crippen LogP contribution in [0.5, 0.6) is 0 Å². The number of benzene rings is 1. The van der Waals surface area contributed by atoms with Crippen LogP contribution in [-0.2, 0) is 17.9 Å². The number of nitrogens with one attached hydrogen (secondary N) is 1. The number of nitrogens with zero attached hydrogens (tertiary/aromatic N) is 4. The summed E-state index contributed by atoms with van der Waals surface area (Å²) >= 11 is 0. The fourth-order valence-electron chi connectivity index (χ4n) is 3.39. The van der Waals surface area contributed by atoms with Crippen molar-refractivity contribution in [3.63, 3.8) is 0 Å². The van der Waals surface area contributed by atoms with Gasteiger partial charge in [-0.05, 0) is 28.5 Å². The molecule has 0 atom stereocenters. The first-order chi connectivity index (χ1) is 13.1. The Morgan fingerprint density at radius 1 is 1.15 bits per heavy atom. The van der Waals surface area contributed by atoms with Crippen molar-refractivity contribution in [2.45, 2.75) is 25.9 Å². The molecule has 27 heavy (non-hydrogen) atoms. The first-order valence-corrected chi connectivity index (χ1v) is 8.83. The van der Waals surface area contributed by atoms with E-state index in [4.69, 9.17) is 0 Å². The molecule has 0 aliphatic carbocycles. The summed E-state index contributed by atoms with van der Waals surface area (Å²) in [7, 11) is 0. The average molecular weight is 365 g/mol. The third-order valence-corrected chi connectivity index (χ3v) is 4.73. The number of hydrogen-bond acceptors (Lipinski definition) is 5. The molecule has 8 nitrogen and oxygen atoms in total. The smallest absolute Gasteiger partial charge is 0.363 e. The molecule has 0 radical (unpaired) electrons. The Hall–Kier alpha value is -3.42. The van der Waals surface area contributed by atoms with Crippen molar-refractivity contribution in [3.05, 3.63) is 69.9 Å². The highest BCUT2D eigenvalue weighted by Crippen LogP contribution is 2.26. The van der Waals surface area contributed by atoms with Crippen LogP contribution in [0.15, 0.2) is 48.7 Å². The third kappa shape index (κ3) is 3.33. The average Bonchev–Trinajstić information content (AvgIpc) is 3.26.